The van der Waals surface area contributed by atoms with E-state index in [1.807, 2.05) is 0 Å². The van der Waals surface area contributed by atoms with Gasteiger partial charge in [-0.05, 0) is 30.0 Å². The van der Waals surface area contributed by atoms with E-state index in [1.54, 1.807) is 12.3 Å². The Hall–Kier alpha value is -2.28. The van der Waals surface area contributed by atoms with Gasteiger partial charge < -0.3 is 10.4 Å². The van der Waals surface area contributed by atoms with Crippen LogP contribution in [0.15, 0.2) is 23.6 Å². The van der Waals surface area contributed by atoms with Crippen molar-refractivity contribution in [1.82, 2.24) is 0 Å². The summed E-state index contributed by atoms with van der Waals surface area (Å²) in [5.41, 5.74) is 0.485. The predicted molar refractivity (Wildman–Crippen MR) is 70.3 cm³/mol. The average molecular weight is 297 g/mol. The largest absolute Gasteiger partial charge is 0.477 e. The molecule has 2 aromatic rings. The molecule has 0 atom stereocenters. The van der Waals surface area contributed by atoms with E-state index in [1.165, 1.54) is 0 Å². The molecule has 1 aromatic heterocycles. The minimum absolute atomic E-state index is 0.0345. The third-order valence-electron chi connectivity index (χ3n) is 2.53. The lowest BCUT2D eigenvalue weighted by molar-refractivity contribution is 0.0703. The molecule has 0 saturated carbocycles. The van der Waals surface area contributed by atoms with Crippen molar-refractivity contribution < 1.29 is 23.5 Å². The van der Waals surface area contributed by atoms with Crippen molar-refractivity contribution >= 4 is 28.9 Å². The van der Waals surface area contributed by atoms with Gasteiger partial charge in [0, 0.05) is 11.6 Å². The first kappa shape index (κ1) is 14.1. The van der Waals surface area contributed by atoms with E-state index in [0.29, 0.717) is 11.6 Å². The first-order valence-electron chi connectivity index (χ1n) is 5.47. The number of hydrogen-bond acceptors (Lipinski definition) is 3. The van der Waals surface area contributed by atoms with E-state index < -0.39 is 23.5 Å². The second-order valence-corrected chi connectivity index (χ2v) is 4.92. The quantitative estimate of drug-likeness (QED) is 0.913. The Morgan fingerprint density at radius 3 is 2.35 bits per heavy atom. The van der Waals surface area contributed by atoms with Gasteiger partial charge in [0.2, 0.25) is 0 Å². The molecular formula is C13H9F2NO3S. The maximum Gasteiger partial charge on any atom is 0.348 e. The van der Waals surface area contributed by atoms with Crippen molar-refractivity contribution in [2.24, 2.45) is 0 Å². The van der Waals surface area contributed by atoms with Crippen LogP contribution in [-0.2, 0) is 0 Å². The summed E-state index contributed by atoms with van der Waals surface area (Å²) in [6, 6.07) is 2.40. The number of rotatable bonds is 3. The number of aromatic carboxylic acids is 1. The van der Waals surface area contributed by atoms with Crippen LogP contribution in [0.5, 0.6) is 0 Å². The number of thiophene rings is 1. The maximum absolute atomic E-state index is 13.0. The van der Waals surface area contributed by atoms with Crippen LogP contribution in [0.2, 0.25) is 0 Å². The second-order valence-electron chi connectivity index (χ2n) is 4.04. The second kappa shape index (κ2) is 5.38. The molecule has 0 aliphatic carbocycles. The zero-order valence-corrected chi connectivity index (χ0v) is 11.1. The molecule has 1 aromatic carbocycles. The Balaban J connectivity index is 2.32. The molecule has 4 nitrogen and oxygen atoms in total. The summed E-state index contributed by atoms with van der Waals surface area (Å²) in [7, 11) is 0. The van der Waals surface area contributed by atoms with Crippen LogP contribution < -0.4 is 5.32 Å². The molecule has 0 bridgehead atoms. The Morgan fingerprint density at radius 2 is 1.80 bits per heavy atom. The Labute approximate surface area is 116 Å². The van der Waals surface area contributed by atoms with Crippen molar-refractivity contribution in [1.29, 1.82) is 0 Å². The summed E-state index contributed by atoms with van der Waals surface area (Å²) in [5, 5.41) is 12.9. The highest BCUT2D eigenvalue weighted by molar-refractivity contribution is 7.12. The van der Waals surface area contributed by atoms with Gasteiger partial charge in [0.15, 0.2) is 0 Å². The number of carbonyl (C=O) groups excluding carboxylic acids is 1. The highest BCUT2D eigenvalue weighted by Crippen LogP contribution is 2.28. The number of carboxylic acids is 1. The molecule has 2 N–H and O–H groups in total. The zero-order chi connectivity index (χ0) is 14.9. The lowest BCUT2D eigenvalue weighted by Crippen LogP contribution is -2.14. The number of anilines is 1. The van der Waals surface area contributed by atoms with Crippen LogP contribution in [0.1, 0.15) is 25.6 Å². The number of amides is 1. The SMILES string of the molecule is Cc1csc(C(=O)O)c1NC(=O)c1cc(F)cc(F)c1. The van der Waals surface area contributed by atoms with Gasteiger partial charge in [-0.3, -0.25) is 4.79 Å². The molecule has 0 saturated heterocycles. The molecule has 0 aliphatic heterocycles. The number of hydrogen-bond donors (Lipinski definition) is 2. The lowest BCUT2D eigenvalue weighted by Gasteiger charge is -2.06. The van der Waals surface area contributed by atoms with E-state index in [9.17, 15) is 18.4 Å². The fourth-order valence-corrected chi connectivity index (χ4v) is 2.47. The topological polar surface area (TPSA) is 66.4 Å². The molecular weight excluding hydrogens is 288 g/mol. The van der Waals surface area contributed by atoms with Gasteiger partial charge in [-0.1, -0.05) is 0 Å². The smallest absolute Gasteiger partial charge is 0.348 e. The van der Waals surface area contributed by atoms with Gasteiger partial charge in [0.1, 0.15) is 16.5 Å². The number of carbonyl (C=O) groups is 2. The molecule has 20 heavy (non-hydrogen) atoms. The molecule has 7 heteroatoms. The van der Waals surface area contributed by atoms with Crippen LogP contribution in [0.25, 0.3) is 0 Å². The Morgan fingerprint density at radius 1 is 1.20 bits per heavy atom. The van der Waals surface area contributed by atoms with Gasteiger partial charge in [0.25, 0.3) is 5.91 Å². The first-order chi connectivity index (χ1) is 9.38. The monoisotopic (exact) mass is 297 g/mol. The van der Waals surface area contributed by atoms with E-state index in [-0.39, 0.29) is 16.1 Å². The van der Waals surface area contributed by atoms with E-state index in [2.05, 4.69) is 5.32 Å². The fourth-order valence-electron chi connectivity index (χ4n) is 1.63. The lowest BCUT2D eigenvalue weighted by atomic mass is 10.2. The summed E-state index contributed by atoms with van der Waals surface area (Å²) in [6.45, 7) is 1.63. The molecule has 0 unspecified atom stereocenters. The number of nitrogens with one attached hydrogen (secondary N) is 1. The summed E-state index contributed by atoms with van der Waals surface area (Å²) >= 11 is 0.965. The zero-order valence-electron chi connectivity index (χ0n) is 10.2. The van der Waals surface area contributed by atoms with Crippen molar-refractivity contribution in [3.8, 4) is 0 Å². The Kier molecular flexibility index (Phi) is 3.80. The molecule has 2 rings (SSSR count). The van der Waals surface area contributed by atoms with Crippen LogP contribution >= 0.6 is 11.3 Å². The fraction of sp³-hybridized carbons (Fsp3) is 0.0769. The van der Waals surface area contributed by atoms with Crippen LogP contribution in [-0.4, -0.2) is 17.0 Å². The van der Waals surface area contributed by atoms with Gasteiger partial charge in [-0.25, -0.2) is 13.6 Å². The number of carboxylic acid groups (broad SMARTS) is 1. The molecule has 0 fully saturated rings. The van der Waals surface area contributed by atoms with Crippen LogP contribution in [0.3, 0.4) is 0 Å². The standard InChI is InChI=1S/C13H9F2NO3S/c1-6-5-20-11(13(18)19)10(6)16-12(17)7-2-8(14)4-9(15)3-7/h2-5H,1H3,(H,16,17)(H,18,19). The van der Waals surface area contributed by atoms with Gasteiger partial charge >= 0.3 is 5.97 Å². The van der Waals surface area contributed by atoms with Crippen molar-refractivity contribution in [2.75, 3.05) is 5.32 Å². The van der Waals surface area contributed by atoms with Crippen LogP contribution in [0.4, 0.5) is 14.5 Å². The molecule has 104 valence electrons. The highest BCUT2D eigenvalue weighted by atomic mass is 32.1. The van der Waals surface area contributed by atoms with Crippen molar-refractivity contribution in [3.05, 3.63) is 51.2 Å². The van der Waals surface area contributed by atoms with Gasteiger partial charge in [-0.2, -0.15) is 0 Å². The van der Waals surface area contributed by atoms with Gasteiger partial charge in [0.05, 0.1) is 5.69 Å². The summed E-state index contributed by atoms with van der Waals surface area (Å²) in [6.07, 6.45) is 0. The molecule has 0 radical (unpaired) electrons. The summed E-state index contributed by atoms with van der Waals surface area (Å²) in [4.78, 5) is 22.9. The number of halogens is 2. The van der Waals surface area contributed by atoms with E-state index >= 15 is 0 Å². The minimum Gasteiger partial charge on any atom is -0.477 e. The van der Waals surface area contributed by atoms with Gasteiger partial charge in [-0.15, -0.1) is 11.3 Å². The summed E-state index contributed by atoms with van der Waals surface area (Å²) < 4.78 is 26.1. The highest BCUT2D eigenvalue weighted by Gasteiger charge is 2.18. The molecule has 1 amide bonds. The minimum atomic E-state index is -1.18. The number of benzene rings is 1. The molecule has 0 aliphatic rings. The Bertz CT molecular complexity index is 677. The first-order valence-corrected chi connectivity index (χ1v) is 6.35. The van der Waals surface area contributed by atoms with E-state index in [4.69, 9.17) is 5.11 Å². The van der Waals surface area contributed by atoms with E-state index in [0.717, 1.165) is 23.5 Å². The number of aryl methyl sites for hydroxylation is 1. The van der Waals surface area contributed by atoms with Crippen molar-refractivity contribution in [2.45, 2.75) is 6.92 Å². The predicted octanol–water partition coefficient (Wildman–Crippen LogP) is 3.29. The normalized spacial score (nSPS) is 10.3. The molecule has 0 spiro atoms. The maximum atomic E-state index is 13.0. The van der Waals surface area contributed by atoms with Crippen molar-refractivity contribution in [3.63, 3.8) is 0 Å². The summed E-state index contributed by atoms with van der Waals surface area (Å²) in [5.74, 6) is -3.71. The van der Waals surface area contributed by atoms with Crippen LogP contribution in [0, 0.1) is 18.6 Å². The average Bonchev–Trinajstić information content (AvgIpc) is 2.70. The molecule has 1 heterocycles. The third-order valence-corrected chi connectivity index (χ3v) is 3.62. The third kappa shape index (κ3) is 2.83.